The van der Waals surface area contributed by atoms with E-state index in [-0.39, 0.29) is 23.2 Å². The summed E-state index contributed by atoms with van der Waals surface area (Å²) in [6.45, 7) is -0.0382. The second-order valence-corrected chi connectivity index (χ2v) is 8.97. The topological polar surface area (TPSA) is 72.2 Å². The van der Waals surface area contributed by atoms with E-state index in [2.05, 4.69) is 9.71 Å². The average molecular weight is 459 g/mol. The molecule has 0 saturated heterocycles. The fourth-order valence-electron chi connectivity index (χ4n) is 2.88. The van der Waals surface area contributed by atoms with E-state index in [9.17, 15) is 8.42 Å². The number of benzene rings is 3. The van der Waals surface area contributed by atoms with Gasteiger partial charge in [-0.15, -0.1) is 0 Å². The van der Waals surface area contributed by atoms with E-state index >= 15 is 0 Å². The number of halogens is 2. The van der Waals surface area contributed by atoms with Gasteiger partial charge in [0.05, 0.1) is 0 Å². The highest BCUT2D eigenvalue weighted by Gasteiger charge is 2.27. The molecule has 0 amide bonds. The van der Waals surface area contributed by atoms with Crippen molar-refractivity contribution >= 4 is 33.2 Å². The summed E-state index contributed by atoms with van der Waals surface area (Å²) < 4.78 is 34.7. The maximum absolute atomic E-state index is 13.1. The van der Waals surface area contributed by atoms with Crippen molar-refractivity contribution in [1.82, 2.24) is 9.71 Å². The molecule has 0 atom stereocenters. The molecule has 152 valence electrons. The smallest absolute Gasteiger partial charge is 0.262 e. The quantitative estimate of drug-likeness (QED) is 0.396. The number of nitrogens with zero attached hydrogens (tertiary/aromatic N) is 1. The first-order valence-electron chi connectivity index (χ1n) is 8.99. The van der Waals surface area contributed by atoms with E-state index in [1.54, 1.807) is 54.6 Å². The molecule has 0 aliphatic heterocycles. The predicted octanol–water partition coefficient (Wildman–Crippen LogP) is 5.79. The summed E-state index contributed by atoms with van der Waals surface area (Å²) >= 11 is 12.2. The predicted molar refractivity (Wildman–Crippen MR) is 118 cm³/mol. The first-order chi connectivity index (χ1) is 14.4. The zero-order chi connectivity index (χ0) is 21.1. The van der Waals surface area contributed by atoms with Gasteiger partial charge in [-0.05, 0) is 35.9 Å². The maximum atomic E-state index is 13.1. The van der Waals surface area contributed by atoms with E-state index < -0.39 is 10.0 Å². The molecule has 0 radical (unpaired) electrons. The van der Waals surface area contributed by atoms with Crippen LogP contribution in [0.5, 0.6) is 0 Å². The number of rotatable bonds is 6. The molecule has 1 heterocycles. The molecule has 0 unspecified atom stereocenters. The normalized spacial score (nSPS) is 11.5. The summed E-state index contributed by atoms with van der Waals surface area (Å²) in [6, 6.07) is 23.0. The molecule has 8 heteroatoms. The van der Waals surface area contributed by atoms with Gasteiger partial charge in [0.1, 0.15) is 0 Å². The van der Waals surface area contributed by atoms with Crippen LogP contribution in [-0.4, -0.2) is 13.4 Å². The third-order valence-corrected chi connectivity index (χ3v) is 6.28. The van der Waals surface area contributed by atoms with Crippen LogP contribution in [0, 0.1) is 0 Å². The number of hydrogen-bond donors (Lipinski definition) is 1. The first kappa shape index (κ1) is 20.6. The van der Waals surface area contributed by atoms with Crippen molar-refractivity contribution in [3.63, 3.8) is 0 Å². The van der Waals surface area contributed by atoms with Crippen LogP contribution in [0.25, 0.3) is 22.8 Å². The van der Waals surface area contributed by atoms with E-state index in [1.165, 1.54) is 0 Å². The highest BCUT2D eigenvalue weighted by atomic mass is 35.5. The minimum absolute atomic E-state index is 0.0382. The maximum Gasteiger partial charge on any atom is 0.262 e. The zero-order valence-electron chi connectivity index (χ0n) is 15.5. The van der Waals surface area contributed by atoms with Crippen molar-refractivity contribution in [3.8, 4) is 22.8 Å². The Hall–Kier alpha value is -2.64. The van der Waals surface area contributed by atoms with Crippen LogP contribution in [0.3, 0.4) is 0 Å². The van der Waals surface area contributed by atoms with E-state index in [1.807, 2.05) is 24.3 Å². The lowest BCUT2D eigenvalue weighted by molar-refractivity contribution is 0.571. The van der Waals surface area contributed by atoms with Crippen LogP contribution in [0.2, 0.25) is 10.0 Å². The first-order valence-corrected chi connectivity index (χ1v) is 11.2. The molecule has 3 aromatic carbocycles. The van der Waals surface area contributed by atoms with Gasteiger partial charge in [0.2, 0.25) is 10.9 Å². The lowest BCUT2D eigenvalue weighted by atomic mass is 10.2. The van der Waals surface area contributed by atoms with Crippen molar-refractivity contribution in [3.05, 3.63) is 94.5 Å². The fourth-order valence-corrected chi connectivity index (χ4v) is 4.35. The van der Waals surface area contributed by atoms with Crippen LogP contribution in [0.4, 0.5) is 0 Å². The van der Waals surface area contributed by atoms with Crippen molar-refractivity contribution in [2.45, 2.75) is 11.6 Å². The molecule has 1 aromatic heterocycles. The number of oxazole rings is 1. The Morgan fingerprint density at radius 3 is 2.17 bits per heavy atom. The molecular weight excluding hydrogens is 443 g/mol. The van der Waals surface area contributed by atoms with Gasteiger partial charge in [-0.3, -0.25) is 0 Å². The molecular formula is C22H16Cl2N2O3S. The number of aromatic nitrogens is 1. The van der Waals surface area contributed by atoms with Crippen LogP contribution >= 0.6 is 23.2 Å². The van der Waals surface area contributed by atoms with E-state index in [0.717, 1.165) is 0 Å². The summed E-state index contributed by atoms with van der Waals surface area (Å²) in [5, 5.41) is 0.688. The molecule has 0 fully saturated rings. The molecule has 5 nitrogen and oxygen atoms in total. The highest BCUT2D eigenvalue weighted by molar-refractivity contribution is 7.89. The highest BCUT2D eigenvalue weighted by Crippen LogP contribution is 2.32. The number of nitrogens with one attached hydrogen (secondary N) is 1. The van der Waals surface area contributed by atoms with Gasteiger partial charge in [-0.25, -0.2) is 13.1 Å². The van der Waals surface area contributed by atoms with Crippen molar-refractivity contribution < 1.29 is 12.8 Å². The van der Waals surface area contributed by atoms with Crippen LogP contribution < -0.4 is 4.72 Å². The largest absolute Gasteiger partial charge is 0.435 e. The molecule has 0 aliphatic rings. The molecule has 30 heavy (non-hydrogen) atoms. The molecule has 0 aliphatic carbocycles. The van der Waals surface area contributed by atoms with E-state index in [4.69, 9.17) is 27.6 Å². The Kier molecular flexibility index (Phi) is 5.92. The average Bonchev–Trinajstić information content (AvgIpc) is 3.22. The van der Waals surface area contributed by atoms with Crippen LogP contribution in [0.15, 0.2) is 88.3 Å². The third kappa shape index (κ3) is 4.42. The SMILES string of the molecule is O=S(=O)(NCc1cc(Cl)ccc1Cl)c1nc(-c2ccccc2)oc1-c1ccccc1. The van der Waals surface area contributed by atoms with Gasteiger partial charge < -0.3 is 4.42 Å². The lowest BCUT2D eigenvalue weighted by Gasteiger charge is -2.08. The molecule has 4 aromatic rings. The van der Waals surface area contributed by atoms with Crippen molar-refractivity contribution in [2.24, 2.45) is 0 Å². The Balaban J connectivity index is 1.74. The van der Waals surface area contributed by atoms with Crippen molar-refractivity contribution in [1.29, 1.82) is 0 Å². The Morgan fingerprint density at radius 1 is 0.867 bits per heavy atom. The van der Waals surface area contributed by atoms with Gasteiger partial charge in [-0.2, -0.15) is 4.98 Å². The third-order valence-electron chi connectivity index (χ3n) is 4.37. The molecule has 1 N–H and O–H groups in total. The summed E-state index contributed by atoms with van der Waals surface area (Å²) in [7, 11) is -4.01. The summed E-state index contributed by atoms with van der Waals surface area (Å²) in [5.41, 5.74) is 1.84. The van der Waals surface area contributed by atoms with Crippen LogP contribution in [0.1, 0.15) is 5.56 Å². The molecule has 0 bridgehead atoms. The standard InChI is InChI=1S/C22H16Cl2N2O3S/c23-18-11-12-19(24)17(13-18)14-25-30(27,28)22-20(15-7-3-1-4-8-15)29-21(26-22)16-9-5-2-6-10-16/h1-13,25H,14H2. The van der Waals surface area contributed by atoms with Crippen molar-refractivity contribution in [2.75, 3.05) is 0 Å². The fraction of sp³-hybridized carbons (Fsp3) is 0.0455. The van der Waals surface area contributed by atoms with Gasteiger partial charge in [-0.1, -0.05) is 71.7 Å². The Labute approximate surface area is 184 Å². The molecule has 0 saturated carbocycles. The minimum Gasteiger partial charge on any atom is -0.435 e. The summed E-state index contributed by atoms with van der Waals surface area (Å²) in [6.07, 6.45) is 0. The van der Waals surface area contributed by atoms with E-state index in [0.29, 0.717) is 26.7 Å². The second-order valence-electron chi connectivity index (χ2n) is 6.45. The Morgan fingerprint density at radius 2 is 1.50 bits per heavy atom. The van der Waals surface area contributed by atoms with Gasteiger partial charge in [0.25, 0.3) is 10.0 Å². The summed E-state index contributed by atoms with van der Waals surface area (Å²) in [4.78, 5) is 4.30. The minimum atomic E-state index is -4.01. The second kappa shape index (κ2) is 8.62. The van der Waals surface area contributed by atoms with Crippen LogP contribution in [-0.2, 0) is 16.6 Å². The van der Waals surface area contributed by atoms with Gasteiger partial charge >= 0.3 is 0 Å². The number of hydrogen-bond acceptors (Lipinski definition) is 4. The lowest BCUT2D eigenvalue weighted by Crippen LogP contribution is -2.24. The number of sulfonamides is 1. The van der Waals surface area contributed by atoms with Gasteiger partial charge in [0.15, 0.2) is 5.76 Å². The molecule has 4 rings (SSSR count). The van der Waals surface area contributed by atoms with Gasteiger partial charge in [0, 0.05) is 27.7 Å². The Bertz CT molecular complexity index is 1270. The zero-order valence-corrected chi connectivity index (χ0v) is 17.9. The molecule has 0 spiro atoms. The summed E-state index contributed by atoms with van der Waals surface area (Å²) in [5.74, 6) is 0.384. The monoisotopic (exact) mass is 458 g/mol.